The van der Waals surface area contributed by atoms with Crippen molar-refractivity contribution < 1.29 is 15.0 Å². The van der Waals surface area contributed by atoms with Crippen LogP contribution in [0.3, 0.4) is 0 Å². The van der Waals surface area contributed by atoms with Crippen LogP contribution in [0.25, 0.3) is 10.1 Å². The third-order valence-electron chi connectivity index (χ3n) is 6.70. The Bertz CT molecular complexity index is 1120. The van der Waals surface area contributed by atoms with Gasteiger partial charge in [-0.3, -0.25) is 4.79 Å². The second-order valence-corrected chi connectivity index (χ2v) is 10.7. The van der Waals surface area contributed by atoms with Gasteiger partial charge in [0.05, 0.1) is 17.6 Å². The highest BCUT2D eigenvalue weighted by molar-refractivity contribution is 7.19. The number of fused-ring (bicyclic) bond motifs is 1. The predicted molar refractivity (Wildman–Crippen MR) is 133 cm³/mol. The van der Waals surface area contributed by atoms with E-state index < -0.39 is 17.6 Å². The Balaban J connectivity index is 1.35. The molecule has 0 aliphatic heterocycles. The molecule has 0 bridgehead atoms. The lowest BCUT2D eigenvalue weighted by atomic mass is 9.86. The van der Waals surface area contributed by atoms with Crippen molar-refractivity contribution >= 4 is 27.2 Å². The Kier molecular flexibility index (Phi) is 7.70. The molecule has 4 rings (SSSR count). The van der Waals surface area contributed by atoms with E-state index in [0.717, 1.165) is 24.1 Å². The lowest BCUT2D eigenvalue weighted by molar-refractivity contribution is -0.129. The van der Waals surface area contributed by atoms with Gasteiger partial charge < -0.3 is 10.2 Å². The zero-order chi connectivity index (χ0) is 24.1. The van der Waals surface area contributed by atoms with E-state index in [9.17, 15) is 15.0 Å². The van der Waals surface area contributed by atoms with Gasteiger partial charge in [-0.2, -0.15) is 5.21 Å². The number of carbonyl (C=O) groups excluding carboxylic acids is 1. The number of Topliss-reactive ketones (excluding diaryl/α,β-unsaturated/α-hetero) is 1. The number of nitrogens with one attached hydrogen (secondary N) is 1. The average Bonchev–Trinajstić information content (AvgIpc) is 3.51. The molecule has 1 aliphatic carbocycles. The van der Waals surface area contributed by atoms with E-state index in [1.807, 2.05) is 38.1 Å². The van der Waals surface area contributed by atoms with Gasteiger partial charge in [0, 0.05) is 34.3 Å². The second-order valence-electron chi connectivity index (χ2n) is 9.55. The summed E-state index contributed by atoms with van der Waals surface area (Å²) < 4.78 is 1.20. The number of aliphatic hydroxyl groups excluding tert-OH is 2. The van der Waals surface area contributed by atoms with E-state index in [4.69, 9.17) is 0 Å². The predicted octanol–water partition coefficient (Wildman–Crippen LogP) is 4.05. The van der Waals surface area contributed by atoms with E-state index in [1.54, 1.807) is 17.4 Å². The third-order valence-corrected chi connectivity index (χ3v) is 7.84. The molecule has 1 fully saturated rings. The van der Waals surface area contributed by atoms with E-state index in [1.165, 1.54) is 10.1 Å². The van der Waals surface area contributed by atoms with Crippen molar-refractivity contribution in [1.82, 2.24) is 20.6 Å². The molecule has 7 nitrogen and oxygen atoms in total. The third kappa shape index (κ3) is 5.51. The minimum absolute atomic E-state index is 0.0742. The average molecular weight is 481 g/mol. The van der Waals surface area contributed by atoms with Crippen LogP contribution in [0.15, 0.2) is 54.6 Å². The van der Waals surface area contributed by atoms with Gasteiger partial charge in [-0.1, -0.05) is 61.6 Å². The molecule has 1 aliphatic rings. The number of carbonyl (C=O) groups is 1. The highest BCUT2D eigenvalue weighted by Gasteiger charge is 2.52. The lowest BCUT2D eigenvalue weighted by Crippen LogP contribution is -2.31. The van der Waals surface area contributed by atoms with E-state index in [0.29, 0.717) is 18.7 Å². The molecule has 34 heavy (non-hydrogen) atoms. The summed E-state index contributed by atoms with van der Waals surface area (Å²) in [5.74, 6) is 0.156. The first-order valence-corrected chi connectivity index (χ1v) is 12.6. The molecule has 3 aromatic rings. The molecule has 2 aromatic heterocycles. The number of aliphatic hydroxyl groups is 2. The molecule has 0 spiro atoms. The van der Waals surface area contributed by atoms with Crippen molar-refractivity contribution in [2.24, 2.45) is 17.3 Å². The van der Waals surface area contributed by atoms with Gasteiger partial charge in [-0.25, -0.2) is 0 Å². The number of tetrazole rings is 1. The van der Waals surface area contributed by atoms with Crippen LogP contribution in [-0.2, 0) is 17.6 Å². The zero-order valence-corrected chi connectivity index (χ0v) is 20.4. The van der Waals surface area contributed by atoms with Crippen LogP contribution in [-0.4, -0.2) is 48.8 Å². The lowest BCUT2D eigenvalue weighted by Gasteiger charge is -2.22. The van der Waals surface area contributed by atoms with Gasteiger partial charge in [0.1, 0.15) is 5.78 Å². The van der Waals surface area contributed by atoms with Gasteiger partial charge in [-0.15, -0.1) is 21.5 Å². The topological polar surface area (TPSA) is 112 Å². The molecule has 3 N–H and O–H groups in total. The van der Waals surface area contributed by atoms with Crippen LogP contribution >= 0.6 is 11.3 Å². The first kappa shape index (κ1) is 24.4. The van der Waals surface area contributed by atoms with Crippen LogP contribution in [0.1, 0.15) is 43.8 Å². The maximum atomic E-state index is 13.0. The van der Waals surface area contributed by atoms with Gasteiger partial charge in [0.2, 0.25) is 0 Å². The molecule has 1 unspecified atom stereocenters. The molecule has 1 saturated carbocycles. The minimum Gasteiger partial charge on any atom is -0.391 e. The van der Waals surface area contributed by atoms with Gasteiger partial charge in [-0.05, 0) is 36.8 Å². The molecule has 1 aromatic carbocycles. The summed E-state index contributed by atoms with van der Waals surface area (Å²) in [6.45, 7) is 3.62. The molecule has 0 saturated heterocycles. The standard InChI is InChI=1S/C26H32N4O3S/c1-26(2)24(32)20(10-5-3-4-6-12-23-27-29-30-28-23)21(25(26)33)14-13-18(31)16-19-15-17-9-7-8-11-22(17)34-19/h3,5,7-9,11,13-15,18,20-21,25,31,33H,4,6,10,12,16H2,1-2H3,(H,27,28,29,30)/t18?,20-,21-,25+/m1/s1. The Hall–Kier alpha value is -2.68. The fourth-order valence-electron chi connectivity index (χ4n) is 4.70. The Morgan fingerprint density at radius 3 is 2.85 bits per heavy atom. The summed E-state index contributed by atoms with van der Waals surface area (Å²) in [6.07, 6.45) is 9.85. The molecule has 4 atom stereocenters. The smallest absolute Gasteiger partial charge is 0.174 e. The number of hydrogen-bond donors (Lipinski definition) is 3. The summed E-state index contributed by atoms with van der Waals surface area (Å²) in [6, 6.07) is 10.3. The summed E-state index contributed by atoms with van der Waals surface area (Å²) in [5, 5.41) is 36.6. The summed E-state index contributed by atoms with van der Waals surface area (Å²) in [5.41, 5.74) is -0.803. The number of H-pyrrole nitrogens is 1. The number of unbranched alkanes of at least 4 members (excludes halogenated alkanes) is 1. The Morgan fingerprint density at radius 1 is 1.26 bits per heavy atom. The van der Waals surface area contributed by atoms with Crippen molar-refractivity contribution in [3.8, 4) is 0 Å². The van der Waals surface area contributed by atoms with Crippen LogP contribution in [0.5, 0.6) is 0 Å². The van der Waals surface area contributed by atoms with Crippen LogP contribution < -0.4 is 0 Å². The Labute approximate surface area is 203 Å². The number of ketones is 1. The summed E-state index contributed by atoms with van der Waals surface area (Å²) in [7, 11) is 0. The van der Waals surface area contributed by atoms with Crippen LogP contribution in [0.2, 0.25) is 0 Å². The highest BCUT2D eigenvalue weighted by Crippen LogP contribution is 2.44. The highest BCUT2D eigenvalue weighted by atomic mass is 32.1. The fourth-order valence-corrected chi connectivity index (χ4v) is 5.81. The molecule has 2 heterocycles. The van der Waals surface area contributed by atoms with Crippen LogP contribution in [0.4, 0.5) is 0 Å². The number of thiophene rings is 1. The number of aryl methyl sites for hydroxylation is 1. The van der Waals surface area contributed by atoms with Crippen molar-refractivity contribution in [3.05, 3.63) is 65.3 Å². The number of hydrogen-bond acceptors (Lipinski definition) is 7. The largest absolute Gasteiger partial charge is 0.391 e. The van der Waals surface area contributed by atoms with Gasteiger partial charge in [0.25, 0.3) is 0 Å². The second kappa shape index (κ2) is 10.7. The minimum atomic E-state index is -0.803. The summed E-state index contributed by atoms with van der Waals surface area (Å²) in [4.78, 5) is 14.2. The number of rotatable bonds is 10. The van der Waals surface area contributed by atoms with Crippen molar-refractivity contribution in [1.29, 1.82) is 0 Å². The zero-order valence-electron chi connectivity index (χ0n) is 19.6. The molecular formula is C26H32N4O3S. The molecule has 180 valence electrons. The van der Waals surface area contributed by atoms with Crippen molar-refractivity contribution in [3.63, 3.8) is 0 Å². The van der Waals surface area contributed by atoms with Crippen molar-refractivity contribution in [2.75, 3.05) is 0 Å². The maximum absolute atomic E-state index is 13.0. The summed E-state index contributed by atoms with van der Waals surface area (Å²) >= 11 is 1.68. The number of allylic oxidation sites excluding steroid dienone is 2. The van der Waals surface area contributed by atoms with Crippen LogP contribution in [0, 0.1) is 17.3 Å². The van der Waals surface area contributed by atoms with E-state index in [2.05, 4.69) is 44.9 Å². The maximum Gasteiger partial charge on any atom is 0.174 e. The normalized spacial score (nSPS) is 23.5. The van der Waals surface area contributed by atoms with Gasteiger partial charge in [0.15, 0.2) is 5.82 Å². The van der Waals surface area contributed by atoms with E-state index in [-0.39, 0.29) is 17.6 Å². The van der Waals surface area contributed by atoms with E-state index >= 15 is 0 Å². The first-order valence-electron chi connectivity index (χ1n) is 11.8. The number of nitrogens with zero attached hydrogens (tertiary/aromatic N) is 3. The molecular weight excluding hydrogens is 448 g/mol. The number of aromatic amines is 1. The SMILES string of the molecule is CC1(C)C(=O)[C@H](CC=CCCCc2nn[nH]n2)[C@@H](C=CC(O)Cc2cc3ccccc3s2)[C@@H]1O. The Morgan fingerprint density at radius 2 is 2.09 bits per heavy atom. The fraction of sp³-hybridized carbons (Fsp3) is 0.462. The molecule has 0 amide bonds. The van der Waals surface area contributed by atoms with Gasteiger partial charge >= 0.3 is 0 Å². The number of aromatic nitrogens is 4. The van der Waals surface area contributed by atoms with Crippen molar-refractivity contribution in [2.45, 2.75) is 58.2 Å². The molecule has 8 heteroatoms. The first-order chi connectivity index (χ1) is 16.4. The molecule has 0 radical (unpaired) electrons. The number of benzene rings is 1. The quantitative estimate of drug-likeness (QED) is 0.298. The monoisotopic (exact) mass is 480 g/mol.